The Balaban J connectivity index is 1.61. The first-order valence-corrected chi connectivity index (χ1v) is 9.83. The van der Waals surface area contributed by atoms with Gasteiger partial charge in [0.2, 0.25) is 5.91 Å². The number of rotatable bonds is 8. The van der Waals surface area contributed by atoms with Gasteiger partial charge in [0.15, 0.2) is 0 Å². The molecule has 146 valence electrons. The number of benzene rings is 1. The topological polar surface area (TPSA) is 54.7 Å². The number of amides is 1. The second-order valence-corrected chi connectivity index (χ2v) is 7.39. The second kappa shape index (κ2) is 9.60. The monoisotopic (exact) mass is 370 g/mol. The number of carbonyl (C=O) groups is 1. The van der Waals surface area contributed by atoms with Crippen molar-refractivity contribution in [1.82, 2.24) is 10.2 Å². The highest BCUT2D eigenvalue weighted by atomic mass is 16.5. The van der Waals surface area contributed by atoms with Gasteiger partial charge in [-0.3, -0.25) is 9.69 Å². The lowest BCUT2D eigenvalue weighted by Crippen LogP contribution is -2.42. The third kappa shape index (κ3) is 5.60. The Morgan fingerprint density at radius 3 is 2.63 bits per heavy atom. The number of nitrogens with zero attached hydrogens (tertiary/aromatic N) is 1. The fraction of sp³-hybridized carbons (Fsp3) is 0.500. The molecule has 0 spiro atoms. The molecule has 1 atom stereocenters. The van der Waals surface area contributed by atoms with E-state index in [1.165, 1.54) is 18.4 Å². The fourth-order valence-corrected chi connectivity index (χ4v) is 3.61. The Bertz CT molecular complexity index is 689. The molecule has 1 amide bonds. The van der Waals surface area contributed by atoms with Crippen molar-refractivity contribution in [1.29, 1.82) is 0 Å². The minimum atomic E-state index is 0.0651. The Morgan fingerprint density at radius 1 is 1.26 bits per heavy atom. The summed E-state index contributed by atoms with van der Waals surface area (Å²) in [5.41, 5.74) is 1.22. The Morgan fingerprint density at radius 2 is 2.00 bits per heavy atom. The van der Waals surface area contributed by atoms with Crippen molar-refractivity contribution in [2.75, 3.05) is 26.7 Å². The van der Waals surface area contributed by atoms with E-state index >= 15 is 0 Å². The van der Waals surface area contributed by atoms with Crippen LogP contribution >= 0.6 is 0 Å². The number of piperidine rings is 1. The zero-order chi connectivity index (χ0) is 19.1. The smallest absolute Gasteiger partial charge is 0.220 e. The third-order valence-corrected chi connectivity index (χ3v) is 5.43. The van der Waals surface area contributed by atoms with E-state index < -0.39 is 0 Å². The van der Waals surface area contributed by atoms with E-state index in [2.05, 4.69) is 29.3 Å². The summed E-state index contributed by atoms with van der Waals surface area (Å²) in [6.07, 6.45) is 5.13. The van der Waals surface area contributed by atoms with E-state index in [4.69, 9.17) is 9.15 Å². The molecule has 1 unspecified atom stereocenters. The number of carbonyl (C=O) groups excluding carboxylic acids is 1. The first kappa shape index (κ1) is 19.5. The molecule has 1 aliphatic heterocycles. The molecule has 0 bridgehead atoms. The predicted octanol–water partition coefficient (Wildman–Crippen LogP) is 3.81. The first-order valence-electron chi connectivity index (χ1n) is 9.83. The molecule has 0 radical (unpaired) electrons. The number of methoxy groups -OCH3 is 1. The van der Waals surface area contributed by atoms with E-state index in [1.807, 2.05) is 24.3 Å². The van der Waals surface area contributed by atoms with Crippen molar-refractivity contribution in [3.63, 3.8) is 0 Å². The quantitative estimate of drug-likeness (QED) is 0.768. The number of furan rings is 1. The summed E-state index contributed by atoms with van der Waals surface area (Å²) in [5, 5.41) is 3.13. The molecular weight excluding hydrogens is 340 g/mol. The van der Waals surface area contributed by atoms with Crippen molar-refractivity contribution in [3.8, 4) is 5.75 Å². The average Bonchev–Trinajstić information content (AvgIpc) is 3.22. The lowest BCUT2D eigenvalue weighted by molar-refractivity contribution is -0.121. The van der Waals surface area contributed by atoms with E-state index in [1.54, 1.807) is 13.4 Å². The van der Waals surface area contributed by atoms with Gasteiger partial charge in [0.25, 0.3) is 0 Å². The standard InChI is InChI=1S/C22H30N2O3/c1-17-11-13-24(14-12-17)21(18-5-7-19(26-2)8-6-18)16-23-22(25)10-9-20-4-3-15-27-20/h3-8,15,17,21H,9-14,16H2,1-2H3,(H,23,25). The number of hydrogen-bond acceptors (Lipinski definition) is 4. The van der Waals surface area contributed by atoms with Gasteiger partial charge < -0.3 is 14.5 Å². The van der Waals surface area contributed by atoms with E-state index in [9.17, 15) is 4.79 Å². The van der Waals surface area contributed by atoms with E-state index in [-0.39, 0.29) is 11.9 Å². The Labute approximate surface area is 161 Å². The molecule has 0 saturated carbocycles. The molecule has 1 fully saturated rings. The number of aryl methyl sites for hydroxylation is 1. The minimum Gasteiger partial charge on any atom is -0.497 e. The molecule has 1 saturated heterocycles. The first-order chi connectivity index (χ1) is 13.2. The van der Waals surface area contributed by atoms with Gasteiger partial charge in [-0.1, -0.05) is 19.1 Å². The molecular formula is C22H30N2O3. The van der Waals surface area contributed by atoms with Crippen LogP contribution in [0.2, 0.25) is 0 Å². The van der Waals surface area contributed by atoms with Crippen LogP contribution < -0.4 is 10.1 Å². The number of likely N-dealkylation sites (tertiary alicyclic amines) is 1. The number of nitrogens with one attached hydrogen (secondary N) is 1. The predicted molar refractivity (Wildman–Crippen MR) is 106 cm³/mol. The number of hydrogen-bond donors (Lipinski definition) is 1. The Kier molecular flexibility index (Phi) is 6.93. The lowest BCUT2D eigenvalue weighted by atomic mass is 9.95. The highest BCUT2D eigenvalue weighted by Crippen LogP contribution is 2.27. The van der Waals surface area contributed by atoms with Crippen LogP contribution in [0.1, 0.15) is 43.6 Å². The minimum absolute atomic E-state index is 0.0651. The molecule has 1 aromatic carbocycles. The molecule has 5 heteroatoms. The van der Waals surface area contributed by atoms with Crippen molar-refractivity contribution in [3.05, 3.63) is 54.0 Å². The molecule has 1 aliphatic rings. The van der Waals surface area contributed by atoms with Gasteiger partial charge in [0.1, 0.15) is 11.5 Å². The van der Waals surface area contributed by atoms with Crippen LogP contribution in [-0.4, -0.2) is 37.6 Å². The van der Waals surface area contributed by atoms with Crippen molar-refractivity contribution < 1.29 is 13.9 Å². The molecule has 5 nitrogen and oxygen atoms in total. The zero-order valence-electron chi connectivity index (χ0n) is 16.3. The molecule has 3 rings (SSSR count). The summed E-state index contributed by atoms with van der Waals surface area (Å²) in [6, 6.07) is 12.2. The average molecular weight is 370 g/mol. The second-order valence-electron chi connectivity index (χ2n) is 7.39. The Hall–Kier alpha value is -2.27. The SMILES string of the molecule is COc1ccc(C(CNC(=O)CCc2ccco2)N2CCC(C)CC2)cc1. The van der Waals surface area contributed by atoms with Crippen LogP contribution in [0, 0.1) is 5.92 Å². The van der Waals surface area contributed by atoms with E-state index in [0.29, 0.717) is 19.4 Å². The summed E-state index contributed by atoms with van der Waals surface area (Å²) < 4.78 is 10.6. The van der Waals surface area contributed by atoms with Crippen LogP contribution in [-0.2, 0) is 11.2 Å². The number of ether oxygens (including phenoxy) is 1. The largest absolute Gasteiger partial charge is 0.497 e. The lowest BCUT2D eigenvalue weighted by Gasteiger charge is -2.37. The highest BCUT2D eigenvalue weighted by molar-refractivity contribution is 5.76. The van der Waals surface area contributed by atoms with Crippen LogP contribution in [0.25, 0.3) is 0 Å². The maximum atomic E-state index is 12.3. The van der Waals surface area contributed by atoms with Crippen LogP contribution in [0.4, 0.5) is 0 Å². The van der Waals surface area contributed by atoms with Crippen molar-refractivity contribution >= 4 is 5.91 Å². The van der Waals surface area contributed by atoms with Gasteiger partial charge >= 0.3 is 0 Å². The van der Waals surface area contributed by atoms with Gasteiger partial charge in [-0.25, -0.2) is 0 Å². The van der Waals surface area contributed by atoms with E-state index in [0.717, 1.165) is 30.5 Å². The van der Waals surface area contributed by atoms with Gasteiger partial charge in [-0.05, 0) is 61.7 Å². The molecule has 1 aromatic heterocycles. The van der Waals surface area contributed by atoms with Crippen molar-refractivity contribution in [2.45, 2.75) is 38.6 Å². The highest BCUT2D eigenvalue weighted by Gasteiger charge is 2.25. The maximum absolute atomic E-state index is 12.3. The van der Waals surface area contributed by atoms with Gasteiger partial charge in [0.05, 0.1) is 19.4 Å². The van der Waals surface area contributed by atoms with Gasteiger partial charge in [-0.2, -0.15) is 0 Å². The van der Waals surface area contributed by atoms with Gasteiger partial charge in [-0.15, -0.1) is 0 Å². The summed E-state index contributed by atoms with van der Waals surface area (Å²) >= 11 is 0. The molecule has 1 N–H and O–H groups in total. The van der Waals surface area contributed by atoms with Crippen LogP contribution in [0.15, 0.2) is 47.1 Å². The molecule has 2 aromatic rings. The summed E-state index contributed by atoms with van der Waals surface area (Å²) in [7, 11) is 1.68. The maximum Gasteiger partial charge on any atom is 0.220 e. The van der Waals surface area contributed by atoms with Gasteiger partial charge in [0, 0.05) is 19.4 Å². The molecule has 0 aliphatic carbocycles. The van der Waals surface area contributed by atoms with Crippen molar-refractivity contribution in [2.24, 2.45) is 5.92 Å². The zero-order valence-corrected chi connectivity index (χ0v) is 16.3. The summed E-state index contributed by atoms with van der Waals surface area (Å²) in [6.45, 7) is 5.08. The third-order valence-electron chi connectivity index (χ3n) is 5.43. The molecule has 2 heterocycles. The van der Waals surface area contributed by atoms with Crippen LogP contribution in [0.3, 0.4) is 0 Å². The van der Waals surface area contributed by atoms with Crippen LogP contribution in [0.5, 0.6) is 5.75 Å². The summed E-state index contributed by atoms with van der Waals surface area (Å²) in [5.74, 6) is 2.55. The normalized spacial score (nSPS) is 16.8. The molecule has 27 heavy (non-hydrogen) atoms. The fourth-order valence-electron chi connectivity index (χ4n) is 3.61. The summed E-state index contributed by atoms with van der Waals surface area (Å²) in [4.78, 5) is 14.8.